The number of hydrogen-bond donors (Lipinski definition) is 0. The number of carbonyl (C=O) groups is 1. The van der Waals surface area contributed by atoms with Gasteiger partial charge < -0.3 is 4.90 Å². The average Bonchev–Trinajstić information content (AvgIpc) is 3.08. The molecule has 0 N–H and O–H groups in total. The molecule has 1 saturated heterocycles. The maximum Gasteiger partial charge on any atom is 0.256 e. The highest BCUT2D eigenvalue weighted by Gasteiger charge is 2.25. The lowest BCUT2D eigenvalue weighted by Crippen LogP contribution is -2.40. The molecule has 1 aromatic heterocycles. The Morgan fingerprint density at radius 3 is 3.00 bits per heavy atom. The molecule has 3 rings (SSSR count). The first-order valence-electron chi connectivity index (χ1n) is 7.41. The Kier molecular flexibility index (Phi) is 3.94. The number of hydrogen-bond acceptors (Lipinski definition) is 4. The van der Waals surface area contributed by atoms with Crippen LogP contribution in [0.2, 0.25) is 0 Å². The fourth-order valence-electron chi connectivity index (χ4n) is 2.88. The number of amides is 1. The Hall–Kier alpha value is -2.24. The van der Waals surface area contributed by atoms with Gasteiger partial charge in [0.1, 0.15) is 6.33 Å². The molecule has 1 fully saturated rings. The van der Waals surface area contributed by atoms with Crippen LogP contribution in [0.5, 0.6) is 0 Å². The minimum absolute atomic E-state index is 0.0688. The third-order valence-corrected chi connectivity index (χ3v) is 4.11. The van der Waals surface area contributed by atoms with E-state index in [1.165, 1.54) is 17.4 Å². The monoisotopic (exact) mass is 285 g/mol. The van der Waals surface area contributed by atoms with Crippen molar-refractivity contribution in [1.29, 1.82) is 0 Å². The second kappa shape index (κ2) is 6.03. The number of carbonyl (C=O) groups excluding carboxylic acids is 1. The fourth-order valence-corrected chi connectivity index (χ4v) is 2.88. The van der Waals surface area contributed by atoms with Gasteiger partial charge in [0.15, 0.2) is 0 Å². The molecule has 0 saturated carbocycles. The number of likely N-dealkylation sites (tertiary alicyclic amines) is 1. The lowest BCUT2D eigenvalue weighted by Gasteiger charge is -2.32. The van der Waals surface area contributed by atoms with E-state index in [4.69, 9.17) is 0 Å². The van der Waals surface area contributed by atoms with Crippen molar-refractivity contribution in [3.05, 3.63) is 36.2 Å². The van der Waals surface area contributed by atoms with Crippen LogP contribution in [0.1, 0.15) is 36.5 Å². The van der Waals surface area contributed by atoms with Crippen LogP contribution in [-0.2, 0) is 0 Å². The SMILES string of the molecule is CC[C@H]1CCCN(C(=O)c2ccccc2-n2cnnn2)C1. The van der Waals surface area contributed by atoms with Gasteiger partial charge in [-0.05, 0) is 41.3 Å². The molecule has 0 radical (unpaired) electrons. The zero-order chi connectivity index (χ0) is 14.7. The quantitative estimate of drug-likeness (QED) is 0.864. The van der Waals surface area contributed by atoms with Crippen LogP contribution < -0.4 is 0 Å². The van der Waals surface area contributed by atoms with E-state index in [2.05, 4.69) is 22.4 Å². The summed E-state index contributed by atoms with van der Waals surface area (Å²) in [5, 5.41) is 11.2. The van der Waals surface area contributed by atoms with Crippen molar-refractivity contribution in [2.45, 2.75) is 26.2 Å². The summed E-state index contributed by atoms with van der Waals surface area (Å²) in [5.41, 5.74) is 1.38. The van der Waals surface area contributed by atoms with Crippen molar-refractivity contribution < 1.29 is 4.79 Å². The van der Waals surface area contributed by atoms with Crippen molar-refractivity contribution >= 4 is 5.91 Å². The van der Waals surface area contributed by atoms with Gasteiger partial charge in [0.2, 0.25) is 0 Å². The second-order valence-corrected chi connectivity index (χ2v) is 5.44. The summed E-state index contributed by atoms with van der Waals surface area (Å²) < 4.78 is 1.54. The molecule has 0 unspecified atom stereocenters. The first-order valence-corrected chi connectivity index (χ1v) is 7.41. The summed E-state index contributed by atoms with van der Waals surface area (Å²) >= 11 is 0. The van der Waals surface area contributed by atoms with Gasteiger partial charge in [-0.1, -0.05) is 25.5 Å². The molecule has 21 heavy (non-hydrogen) atoms. The third-order valence-electron chi connectivity index (χ3n) is 4.11. The van der Waals surface area contributed by atoms with Crippen molar-refractivity contribution in [1.82, 2.24) is 25.1 Å². The van der Waals surface area contributed by atoms with Gasteiger partial charge in [0, 0.05) is 13.1 Å². The van der Waals surface area contributed by atoms with Gasteiger partial charge in [0.05, 0.1) is 11.3 Å². The molecule has 0 bridgehead atoms. The summed E-state index contributed by atoms with van der Waals surface area (Å²) in [5.74, 6) is 0.683. The van der Waals surface area contributed by atoms with E-state index >= 15 is 0 Å². The van der Waals surface area contributed by atoms with E-state index in [-0.39, 0.29) is 5.91 Å². The Bertz CT molecular complexity index is 610. The van der Waals surface area contributed by atoms with Crippen LogP contribution in [0.4, 0.5) is 0 Å². The number of aromatic nitrogens is 4. The maximum atomic E-state index is 12.8. The molecule has 1 aliphatic rings. The molecule has 0 aliphatic carbocycles. The smallest absolute Gasteiger partial charge is 0.256 e. The van der Waals surface area contributed by atoms with Crippen LogP contribution in [0, 0.1) is 5.92 Å². The van der Waals surface area contributed by atoms with E-state index < -0.39 is 0 Å². The summed E-state index contributed by atoms with van der Waals surface area (Å²) in [7, 11) is 0. The molecule has 1 aromatic carbocycles. The van der Waals surface area contributed by atoms with Gasteiger partial charge in [-0.2, -0.15) is 4.68 Å². The van der Waals surface area contributed by atoms with Crippen molar-refractivity contribution in [2.75, 3.05) is 13.1 Å². The average molecular weight is 285 g/mol. The normalized spacial score (nSPS) is 18.7. The van der Waals surface area contributed by atoms with Crippen molar-refractivity contribution in [3.8, 4) is 5.69 Å². The highest BCUT2D eigenvalue weighted by atomic mass is 16.2. The summed E-state index contributed by atoms with van der Waals surface area (Å²) in [6, 6.07) is 7.47. The highest BCUT2D eigenvalue weighted by molar-refractivity contribution is 5.97. The van der Waals surface area contributed by atoms with Crippen molar-refractivity contribution in [3.63, 3.8) is 0 Å². The number of para-hydroxylation sites is 1. The highest BCUT2D eigenvalue weighted by Crippen LogP contribution is 2.22. The number of tetrazole rings is 1. The first kappa shape index (κ1) is 13.7. The van der Waals surface area contributed by atoms with Crippen LogP contribution in [-0.4, -0.2) is 44.1 Å². The zero-order valence-electron chi connectivity index (χ0n) is 12.1. The van der Waals surface area contributed by atoms with Gasteiger partial charge >= 0.3 is 0 Å². The van der Waals surface area contributed by atoms with E-state index in [0.717, 1.165) is 31.6 Å². The molecule has 110 valence electrons. The van der Waals surface area contributed by atoms with Gasteiger partial charge in [-0.3, -0.25) is 4.79 Å². The molecule has 1 amide bonds. The van der Waals surface area contributed by atoms with Gasteiger partial charge in [0.25, 0.3) is 5.91 Å². The zero-order valence-corrected chi connectivity index (χ0v) is 12.1. The molecule has 6 nitrogen and oxygen atoms in total. The molecule has 1 atom stereocenters. The predicted octanol–water partition coefficient (Wildman–Crippen LogP) is 1.92. The summed E-state index contributed by atoms with van der Waals surface area (Å²) in [6.07, 6.45) is 4.93. The third kappa shape index (κ3) is 2.79. The van der Waals surface area contributed by atoms with Gasteiger partial charge in [-0.25, -0.2) is 0 Å². The molecule has 6 heteroatoms. The summed E-state index contributed by atoms with van der Waals surface area (Å²) in [4.78, 5) is 14.8. The molecular weight excluding hydrogens is 266 g/mol. The van der Waals surface area contributed by atoms with E-state index in [9.17, 15) is 4.79 Å². The predicted molar refractivity (Wildman–Crippen MR) is 78.1 cm³/mol. The summed E-state index contributed by atoms with van der Waals surface area (Å²) in [6.45, 7) is 3.87. The molecular formula is C15H19N5O. The molecule has 2 heterocycles. The molecule has 1 aliphatic heterocycles. The number of rotatable bonds is 3. The minimum Gasteiger partial charge on any atom is -0.338 e. The first-order chi connectivity index (χ1) is 10.3. The maximum absolute atomic E-state index is 12.8. The largest absolute Gasteiger partial charge is 0.338 e. The Balaban J connectivity index is 1.88. The van der Waals surface area contributed by atoms with Crippen LogP contribution in [0.15, 0.2) is 30.6 Å². The Labute approximate surface area is 123 Å². The Morgan fingerprint density at radius 1 is 1.38 bits per heavy atom. The second-order valence-electron chi connectivity index (χ2n) is 5.44. The fraction of sp³-hybridized carbons (Fsp3) is 0.467. The minimum atomic E-state index is 0.0688. The lowest BCUT2D eigenvalue weighted by atomic mass is 9.95. The Morgan fingerprint density at radius 2 is 2.24 bits per heavy atom. The number of benzene rings is 1. The van der Waals surface area contributed by atoms with E-state index in [1.807, 2.05) is 29.2 Å². The van der Waals surface area contributed by atoms with Crippen LogP contribution in [0.25, 0.3) is 5.69 Å². The van der Waals surface area contributed by atoms with E-state index in [0.29, 0.717) is 11.5 Å². The van der Waals surface area contributed by atoms with Crippen molar-refractivity contribution in [2.24, 2.45) is 5.92 Å². The lowest BCUT2D eigenvalue weighted by molar-refractivity contribution is 0.0671. The standard InChI is InChI=1S/C15H19N5O/c1-2-12-6-5-9-19(10-12)15(21)13-7-3-4-8-14(13)20-11-16-17-18-20/h3-4,7-8,11-12H,2,5-6,9-10H2,1H3/t12-/m0/s1. The van der Waals surface area contributed by atoms with Crippen LogP contribution >= 0.6 is 0 Å². The topological polar surface area (TPSA) is 63.9 Å². The molecule has 2 aromatic rings. The molecule has 0 spiro atoms. The van der Waals surface area contributed by atoms with Crippen LogP contribution in [0.3, 0.4) is 0 Å². The van der Waals surface area contributed by atoms with E-state index in [1.54, 1.807) is 0 Å². The van der Waals surface area contributed by atoms with Gasteiger partial charge in [-0.15, -0.1) is 5.10 Å². The number of piperidine rings is 1. The number of nitrogens with zero attached hydrogens (tertiary/aromatic N) is 5.